The molecule has 0 atom stereocenters. The second-order valence-electron chi connectivity index (χ2n) is 7.74. The van der Waals surface area contributed by atoms with Crippen LogP contribution in [0.5, 0.6) is 0 Å². The lowest BCUT2D eigenvalue weighted by Gasteiger charge is -2.18. The van der Waals surface area contributed by atoms with Gasteiger partial charge in [0.05, 0.1) is 29.0 Å². The van der Waals surface area contributed by atoms with Crippen molar-refractivity contribution in [2.24, 2.45) is 0 Å². The molecule has 3 aliphatic rings. The Morgan fingerprint density at radius 2 is 1.53 bits per heavy atom. The van der Waals surface area contributed by atoms with Crippen molar-refractivity contribution in [1.82, 2.24) is 0 Å². The van der Waals surface area contributed by atoms with Crippen molar-refractivity contribution in [3.63, 3.8) is 0 Å². The van der Waals surface area contributed by atoms with E-state index >= 15 is 0 Å². The van der Waals surface area contributed by atoms with E-state index in [0.29, 0.717) is 34.6 Å². The molecule has 0 fully saturated rings. The molecule has 0 bridgehead atoms. The molecule has 0 N–H and O–H groups in total. The molecule has 5 nitrogen and oxygen atoms in total. The number of anilines is 1. The molecule has 1 aromatic carbocycles. The highest BCUT2D eigenvalue weighted by molar-refractivity contribution is 7.79. The van der Waals surface area contributed by atoms with Gasteiger partial charge in [-0.05, 0) is 54.2 Å². The van der Waals surface area contributed by atoms with E-state index in [1.807, 2.05) is 24.3 Å². The monoisotopic (exact) mass is 447 g/mol. The lowest BCUT2D eigenvalue weighted by molar-refractivity contribution is 0.0528. The molecule has 164 valence electrons. The third-order valence-corrected chi connectivity index (χ3v) is 6.16. The van der Waals surface area contributed by atoms with E-state index in [1.54, 1.807) is 31.2 Å². The highest BCUT2D eigenvalue weighted by Gasteiger charge is 2.42. The normalized spacial score (nSPS) is 13.0. The van der Waals surface area contributed by atoms with Crippen molar-refractivity contribution in [2.45, 2.75) is 38.9 Å². The van der Waals surface area contributed by atoms with Crippen LogP contribution in [0.3, 0.4) is 0 Å². The number of imide groups is 1. The van der Waals surface area contributed by atoms with E-state index in [9.17, 15) is 14.4 Å². The number of esters is 1. The number of benzene rings is 1. The Balaban J connectivity index is 2.03. The van der Waals surface area contributed by atoms with Crippen LogP contribution in [0.1, 0.15) is 68.9 Å². The number of ether oxygens (including phenoxy) is 1. The molecule has 0 saturated carbocycles. The van der Waals surface area contributed by atoms with Gasteiger partial charge < -0.3 is 4.74 Å². The van der Waals surface area contributed by atoms with Crippen molar-refractivity contribution in [1.29, 1.82) is 0 Å². The molecule has 1 aliphatic heterocycles. The quantitative estimate of drug-likeness (QED) is 0.293. The van der Waals surface area contributed by atoms with Gasteiger partial charge in [0, 0.05) is 5.75 Å². The van der Waals surface area contributed by atoms with Gasteiger partial charge >= 0.3 is 5.97 Å². The van der Waals surface area contributed by atoms with Gasteiger partial charge in [-0.25, -0.2) is 9.69 Å². The number of unbranched alkanes of at least 4 members (excludes halogenated alkanes) is 1. The van der Waals surface area contributed by atoms with E-state index in [-0.39, 0.29) is 12.2 Å². The third-order valence-electron chi connectivity index (χ3n) is 5.80. The number of carbonyl (C=O) groups excluding carboxylic acids is 3. The van der Waals surface area contributed by atoms with Crippen LogP contribution in [0.25, 0.3) is 11.1 Å². The molecule has 0 aromatic heterocycles. The molecule has 6 heteroatoms. The minimum absolute atomic E-state index is 0.193. The molecule has 0 radical (unpaired) electrons. The molecule has 1 aromatic rings. The zero-order valence-corrected chi connectivity index (χ0v) is 19.1. The molecule has 2 amide bonds. The number of fused-ring (bicyclic) bond motifs is 2. The van der Waals surface area contributed by atoms with Gasteiger partial charge in [0.1, 0.15) is 0 Å². The highest BCUT2D eigenvalue weighted by Crippen LogP contribution is 2.46. The van der Waals surface area contributed by atoms with Crippen LogP contribution in [-0.2, 0) is 16.9 Å². The predicted molar refractivity (Wildman–Crippen MR) is 128 cm³/mol. The predicted octanol–water partition coefficient (Wildman–Crippen LogP) is 5.54. The van der Waals surface area contributed by atoms with Crippen LogP contribution >= 0.6 is 12.6 Å². The lowest BCUT2D eigenvalue weighted by atomic mass is 10.0. The number of amides is 2. The first kappa shape index (κ1) is 22.1. The zero-order valence-electron chi connectivity index (χ0n) is 18.2. The standard InChI is InChI=1S/C26H25NO4S/c1-3-5-8-19-17-13-11-16(15-32)12-14-18(17)22(26(30)31-4-2)23(19)27-24(28)20-9-6-7-10-21(20)25(27)29/h6-7,9-14,32H,3-5,8,15H2,1-2H3. The number of carbonyl (C=O) groups is 3. The number of nitrogens with zero attached hydrogens (tertiary/aromatic N) is 1. The molecule has 1 heterocycles. The summed E-state index contributed by atoms with van der Waals surface area (Å²) in [6, 6.07) is 14.5. The Morgan fingerprint density at radius 3 is 2.09 bits per heavy atom. The molecule has 0 saturated heterocycles. The number of thiol groups is 1. The fraction of sp³-hybridized carbons (Fsp3) is 0.269. The van der Waals surface area contributed by atoms with E-state index in [0.717, 1.165) is 29.5 Å². The van der Waals surface area contributed by atoms with Crippen molar-refractivity contribution >= 4 is 36.1 Å². The molecular weight excluding hydrogens is 422 g/mol. The summed E-state index contributed by atoms with van der Waals surface area (Å²) in [5.41, 5.74) is 4.67. The molecular formula is C26H25NO4S. The Bertz CT molecular complexity index is 1150. The summed E-state index contributed by atoms with van der Waals surface area (Å²) >= 11 is 4.37. The minimum Gasteiger partial charge on any atom is -0.462 e. The Hall–Kier alpha value is -3.12. The van der Waals surface area contributed by atoms with E-state index < -0.39 is 17.8 Å². The summed E-state index contributed by atoms with van der Waals surface area (Å²) in [7, 11) is 0. The van der Waals surface area contributed by atoms with Crippen molar-refractivity contribution in [3.8, 4) is 11.1 Å². The van der Waals surface area contributed by atoms with E-state index in [4.69, 9.17) is 4.74 Å². The van der Waals surface area contributed by atoms with Crippen LogP contribution < -0.4 is 4.90 Å². The fourth-order valence-electron chi connectivity index (χ4n) is 4.26. The smallest absolute Gasteiger partial charge is 0.340 e. The zero-order chi connectivity index (χ0) is 22.8. The third kappa shape index (κ3) is 3.58. The largest absolute Gasteiger partial charge is 0.462 e. The maximum absolute atomic E-state index is 13.3. The van der Waals surface area contributed by atoms with Gasteiger partial charge in [-0.2, -0.15) is 12.6 Å². The second kappa shape index (κ2) is 9.17. The van der Waals surface area contributed by atoms with Gasteiger partial charge in [-0.3, -0.25) is 9.59 Å². The molecule has 2 aliphatic carbocycles. The average Bonchev–Trinajstić information content (AvgIpc) is 3.12. The maximum atomic E-state index is 13.3. The Kier molecular flexibility index (Phi) is 6.33. The second-order valence-corrected chi connectivity index (χ2v) is 8.06. The maximum Gasteiger partial charge on any atom is 0.340 e. The minimum atomic E-state index is -0.537. The molecule has 0 spiro atoms. The lowest BCUT2D eigenvalue weighted by Crippen LogP contribution is -2.31. The number of hydrogen-bond acceptors (Lipinski definition) is 5. The van der Waals surface area contributed by atoms with Crippen molar-refractivity contribution in [3.05, 3.63) is 76.3 Å². The van der Waals surface area contributed by atoms with Crippen LogP contribution in [0.4, 0.5) is 5.69 Å². The number of hydrogen-bond donors (Lipinski definition) is 1. The van der Waals surface area contributed by atoms with Crippen LogP contribution in [0.2, 0.25) is 0 Å². The Labute approximate surface area is 193 Å². The fourth-order valence-corrected chi connectivity index (χ4v) is 4.47. The summed E-state index contributed by atoms with van der Waals surface area (Å²) in [5.74, 6) is -0.804. The van der Waals surface area contributed by atoms with Crippen LogP contribution in [0.15, 0.2) is 48.5 Å². The first-order valence-electron chi connectivity index (χ1n) is 10.9. The first-order chi connectivity index (χ1) is 15.5. The molecule has 4 rings (SSSR count). The highest BCUT2D eigenvalue weighted by atomic mass is 32.1. The van der Waals surface area contributed by atoms with E-state index in [1.165, 1.54) is 4.90 Å². The summed E-state index contributed by atoms with van der Waals surface area (Å²) in [6.45, 7) is 4.01. The Morgan fingerprint density at radius 1 is 0.906 bits per heavy atom. The van der Waals surface area contributed by atoms with Gasteiger partial charge in [-0.1, -0.05) is 49.7 Å². The summed E-state index contributed by atoms with van der Waals surface area (Å²) in [5, 5.41) is 0. The first-order valence-corrected chi connectivity index (χ1v) is 11.5. The average molecular weight is 448 g/mol. The molecule has 32 heavy (non-hydrogen) atoms. The van der Waals surface area contributed by atoms with Gasteiger partial charge in [-0.15, -0.1) is 0 Å². The van der Waals surface area contributed by atoms with Crippen LogP contribution in [0, 0.1) is 0 Å². The number of rotatable bonds is 7. The summed E-state index contributed by atoms with van der Waals surface area (Å²) in [6.07, 6.45) is 2.43. The van der Waals surface area contributed by atoms with Gasteiger partial charge in [0.25, 0.3) is 11.8 Å². The summed E-state index contributed by atoms with van der Waals surface area (Å²) in [4.78, 5) is 41.0. The van der Waals surface area contributed by atoms with Gasteiger partial charge in [0.2, 0.25) is 0 Å². The van der Waals surface area contributed by atoms with Crippen molar-refractivity contribution < 1.29 is 19.1 Å². The summed E-state index contributed by atoms with van der Waals surface area (Å²) < 4.78 is 5.39. The van der Waals surface area contributed by atoms with Gasteiger partial charge in [0.15, 0.2) is 0 Å². The van der Waals surface area contributed by atoms with Crippen LogP contribution in [-0.4, -0.2) is 24.4 Å². The SMILES string of the molecule is CCCCc1c2ccc(CS)ccc-2c(C(=O)OCC)c1N1C(=O)c2ccccc2C1=O. The van der Waals surface area contributed by atoms with E-state index in [2.05, 4.69) is 19.6 Å². The van der Waals surface area contributed by atoms with Crippen molar-refractivity contribution in [2.75, 3.05) is 11.5 Å². The topological polar surface area (TPSA) is 63.7 Å². The molecule has 0 unspecified atom stereocenters.